The highest BCUT2D eigenvalue weighted by Crippen LogP contribution is 2.25. The fourth-order valence-electron chi connectivity index (χ4n) is 1.27. The van der Waals surface area contributed by atoms with E-state index < -0.39 is 0 Å². The van der Waals surface area contributed by atoms with E-state index in [1.54, 1.807) is 6.07 Å². The predicted molar refractivity (Wildman–Crippen MR) is 49.1 cm³/mol. The second-order valence-corrected chi connectivity index (χ2v) is 2.96. The maximum atomic E-state index is 5.70. The minimum atomic E-state index is 0.408. The second kappa shape index (κ2) is 2.81. The Kier molecular flexibility index (Phi) is 1.79. The lowest BCUT2D eigenvalue weighted by Gasteiger charge is -1.95. The quantitative estimate of drug-likeness (QED) is 0.735. The molecule has 0 aliphatic rings. The van der Waals surface area contributed by atoms with Crippen LogP contribution in [0.5, 0.6) is 0 Å². The summed E-state index contributed by atoms with van der Waals surface area (Å²) in [4.78, 5) is 0. The summed E-state index contributed by atoms with van der Waals surface area (Å²) < 4.78 is 5.22. The largest absolute Gasteiger partial charge is 0.445 e. The molecule has 2 rings (SSSR count). The highest BCUT2D eigenvalue weighted by molar-refractivity contribution is 6.29. The van der Waals surface area contributed by atoms with Gasteiger partial charge in [-0.25, -0.2) is 0 Å². The van der Waals surface area contributed by atoms with Crippen molar-refractivity contribution >= 4 is 22.6 Å². The van der Waals surface area contributed by atoms with E-state index in [2.05, 4.69) is 0 Å². The van der Waals surface area contributed by atoms with Gasteiger partial charge in [-0.2, -0.15) is 0 Å². The van der Waals surface area contributed by atoms with E-state index in [0.29, 0.717) is 11.8 Å². The molecule has 2 N–H and O–H groups in total. The predicted octanol–water partition coefficient (Wildman–Crippen LogP) is 2.54. The molecule has 0 fully saturated rings. The summed E-state index contributed by atoms with van der Waals surface area (Å²) in [7, 11) is 0. The maximum Gasteiger partial charge on any atom is 0.194 e. The van der Waals surface area contributed by atoms with Gasteiger partial charge in [0.2, 0.25) is 0 Å². The van der Waals surface area contributed by atoms with Crippen LogP contribution in [0.25, 0.3) is 11.0 Å². The summed E-state index contributed by atoms with van der Waals surface area (Å²) in [5.41, 5.74) is 7.39. The van der Waals surface area contributed by atoms with Gasteiger partial charge in [0, 0.05) is 18.0 Å². The summed E-state index contributed by atoms with van der Waals surface area (Å²) in [6, 6.07) is 7.54. The average Bonchev–Trinajstić information content (AvgIpc) is 2.44. The molecule has 0 bridgehead atoms. The molecule has 0 spiro atoms. The highest BCUT2D eigenvalue weighted by atomic mass is 35.5. The van der Waals surface area contributed by atoms with Crippen molar-refractivity contribution in [2.24, 2.45) is 5.73 Å². The Hall–Kier alpha value is -0.990. The Balaban J connectivity index is 2.78. The standard InChI is InChI=1S/C9H8ClNO/c10-9-4-7-6(5-11)2-1-3-8(7)12-9/h1-4H,5,11H2. The lowest BCUT2D eigenvalue weighted by Crippen LogP contribution is -1.95. The van der Waals surface area contributed by atoms with E-state index in [1.807, 2.05) is 18.2 Å². The number of fused-ring (bicyclic) bond motifs is 1. The molecule has 0 amide bonds. The third kappa shape index (κ3) is 1.09. The van der Waals surface area contributed by atoms with Gasteiger partial charge in [0.05, 0.1) is 0 Å². The summed E-state index contributed by atoms with van der Waals surface area (Å²) >= 11 is 5.70. The number of nitrogens with two attached hydrogens (primary N) is 1. The van der Waals surface area contributed by atoms with E-state index in [4.69, 9.17) is 21.8 Å². The van der Waals surface area contributed by atoms with Crippen LogP contribution in [0, 0.1) is 0 Å². The first-order valence-electron chi connectivity index (χ1n) is 3.68. The van der Waals surface area contributed by atoms with Crippen molar-refractivity contribution in [3.8, 4) is 0 Å². The van der Waals surface area contributed by atoms with Crippen LogP contribution in [0.15, 0.2) is 28.7 Å². The van der Waals surface area contributed by atoms with Crippen LogP contribution in [-0.4, -0.2) is 0 Å². The average molecular weight is 182 g/mol. The molecule has 0 aliphatic carbocycles. The Morgan fingerprint density at radius 3 is 3.00 bits per heavy atom. The molecule has 1 aromatic heterocycles. The molecule has 0 unspecified atom stereocenters. The molecule has 0 atom stereocenters. The van der Waals surface area contributed by atoms with Crippen LogP contribution in [0.3, 0.4) is 0 Å². The summed E-state index contributed by atoms with van der Waals surface area (Å²) in [5.74, 6) is 0. The van der Waals surface area contributed by atoms with E-state index in [0.717, 1.165) is 16.5 Å². The SMILES string of the molecule is NCc1cccc2oc(Cl)cc12. The number of hydrogen-bond donors (Lipinski definition) is 1. The first-order valence-corrected chi connectivity index (χ1v) is 4.06. The molecule has 3 heteroatoms. The van der Waals surface area contributed by atoms with Crippen molar-refractivity contribution in [1.29, 1.82) is 0 Å². The van der Waals surface area contributed by atoms with E-state index in [9.17, 15) is 0 Å². The van der Waals surface area contributed by atoms with Gasteiger partial charge in [-0.1, -0.05) is 12.1 Å². The van der Waals surface area contributed by atoms with Gasteiger partial charge < -0.3 is 10.2 Å². The molecular weight excluding hydrogens is 174 g/mol. The van der Waals surface area contributed by atoms with Gasteiger partial charge >= 0.3 is 0 Å². The van der Waals surface area contributed by atoms with Crippen LogP contribution >= 0.6 is 11.6 Å². The maximum absolute atomic E-state index is 5.70. The van der Waals surface area contributed by atoms with Gasteiger partial charge in [0.1, 0.15) is 5.58 Å². The fourth-order valence-corrected chi connectivity index (χ4v) is 1.46. The number of rotatable bonds is 1. The van der Waals surface area contributed by atoms with Gasteiger partial charge in [-0.3, -0.25) is 0 Å². The van der Waals surface area contributed by atoms with Crippen molar-refractivity contribution in [1.82, 2.24) is 0 Å². The van der Waals surface area contributed by atoms with Crippen LogP contribution in [-0.2, 0) is 6.54 Å². The normalized spacial score (nSPS) is 10.8. The molecule has 2 nitrogen and oxygen atoms in total. The number of furan rings is 1. The highest BCUT2D eigenvalue weighted by Gasteiger charge is 2.03. The van der Waals surface area contributed by atoms with E-state index >= 15 is 0 Å². The van der Waals surface area contributed by atoms with E-state index in [-0.39, 0.29) is 0 Å². The first kappa shape index (κ1) is 7.65. The van der Waals surface area contributed by atoms with E-state index in [1.165, 1.54) is 0 Å². The molecule has 12 heavy (non-hydrogen) atoms. The van der Waals surface area contributed by atoms with Crippen molar-refractivity contribution in [3.05, 3.63) is 35.0 Å². The van der Waals surface area contributed by atoms with Crippen LogP contribution in [0.1, 0.15) is 5.56 Å². The van der Waals surface area contributed by atoms with Crippen LogP contribution < -0.4 is 5.73 Å². The number of hydrogen-bond acceptors (Lipinski definition) is 2. The zero-order chi connectivity index (χ0) is 8.55. The third-order valence-corrected chi connectivity index (χ3v) is 2.03. The molecule has 2 aromatic rings. The van der Waals surface area contributed by atoms with Gasteiger partial charge in [0.25, 0.3) is 0 Å². The van der Waals surface area contributed by atoms with Crippen molar-refractivity contribution in [2.75, 3.05) is 0 Å². The first-order chi connectivity index (χ1) is 5.81. The monoisotopic (exact) mass is 181 g/mol. The second-order valence-electron chi connectivity index (χ2n) is 2.58. The number of halogens is 1. The zero-order valence-corrected chi connectivity index (χ0v) is 7.14. The Morgan fingerprint density at radius 2 is 2.25 bits per heavy atom. The third-order valence-electron chi connectivity index (χ3n) is 1.84. The molecule has 0 saturated carbocycles. The fraction of sp³-hybridized carbons (Fsp3) is 0.111. The van der Waals surface area contributed by atoms with Crippen molar-refractivity contribution in [2.45, 2.75) is 6.54 Å². The number of benzene rings is 1. The molecule has 0 radical (unpaired) electrons. The molecule has 0 saturated heterocycles. The Morgan fingerprint density at radius 1 is 1.42 bits per heavy atom. The summed E-state index contributed by atoms with van der Waals surface area (Å²) in [5, 5.41) is 1.41. The van der Waals surface area contributed by atoms with Crippen LogP contribution in [0.4, 0.5) is 0 Å². The lowest BCUT2D eigenvalue weighted by molar-refractivity contribution is 0.618. The Bertz CT molecular complexity index is 408. The topological polar surface area (TPSA) is 39.2 Å². The van der Waals surface area contributed by atoms with Crippen molar-refractivity contribution in [3.63, 3.8) is 0 Å². The molecular formula is C9H8ClNO. The molecule has 62 valence electrons. The van der Waals surface area contributed by atoms with Crippen LogP contribution in [0.2, 0.25) is 5.22 Å². The van der Waals surface area contributed by atoms with Crippen molar-refractivity contribution < 1.29 is 4.42 Å². The van der Waals surface area contributed by atoms with Gasteiger partial charge in [-0.15, -0.1) is 0 Å². The van der Waals surface area contributed by atoms with Gasteiger partial charge in [-0.05, 0) is 23.2 Å². The van der Waals surface area contributed by atoms with Gasteiger partial charge in [0.15, 0.2) is 5.22 Å². The lowest BCUT2D eigenvalue weighted by atomic mass is 10.1. The Labute approximate surface area is 74.9 Å². The molecule has 1 heterocycles. The summed E-state index contributed by atoms with van der Waals surface area (Å²) in [6.07, 6.45) is 0. The summed E-state index contributed by atoms with van der Waals surface area (Å²) in [6.45, 7) is 0.507. The molecule has 1 aromatic carbocycles. The zero-order valence-electron chi connectivity index (χ0n) is 6.38. The minimum absolute atomic E-state index is 0.408. The minimum Gasteiger partial charge on any atom is -0.445 e. The molecule has 0 aliphatic heterocycles. The smallest absolute Gasteiger partial charge is 0.194 e.